The second-order valence-electron chi connectivity index (χ2n) is 6.07. The van der Waals surface area contributed by atoms with Crippen LogP contribution < -0.4 is 5.32 Å². The number of Topliss-reactive ketones (excluding diaryl/α,β-unsaturated/α-hetero) is 1. The molecule has 0 spiro atoms. The molecule has 2 aromatic heterocycles. The molecule has 0 aliphatic rings. The van der Waals surface area contributed by atoms with Crippen LogP contribution in [0.5, 0.6) is 0 Å². The van der Waals surface area contributed by atoms with Gasteiger partial charge in [-0.05, 0) is 56.5 Å². The Balaban J connectivity index is 1.73. The summed E-state index contributed by atoms with van der Waals surface area (Å²) in [6.45, 7) is 5.78. The van der Waals surface area contributed by atoms with Crippen molar-refractivity contribution in [3.63, 3.8) is 0 Å². The van der Waals surface area contributed by atoms with E-state index in [2.05, 4.69) is 10.3 Å². The maximum absolute atomic E-state index is 14.0. The minimum absolute atomic E-state index is 0.0454. The number of carbonyl (C=O) groups excluding carboxylic acids is 2. The van der Waals surface area contributed by atoms with Crippen molar-refractivity contribution in [2.45, 2.75) is 27.2 Å². The number of benzene rings is 1. The molecule has 0 unspecified atom stereocenters. The van der Waals surface area contributed by atoms with Crippen molar-refractivity contribution >= 4 is 33.9 Å². The lowest BCUT2D eigenvalue weighted by molar-refractivity contribution is 0.0957. The third-order valence-electron chi connectivity index (χ3n) is 4.27. The van der Waals surface area contributed by atoms with E-state index in [1.54, 1.807) is 18.2 Å². The fraction of sp³-hybridized carbons (Fsp3) is 0.263. The number of carbonyl (C=O) groups is 2. The van der Waals surface area contributed by atoms with E-state index >= 15 is 0 Å². The number of rotatable bonds is 5. The lowest BCUT2D eigenvalue weighted by Gasteiger charge is -2.06. The highest BCUT2D eigenvalue weighted by molar-refractivity contribution is 7.15. The van der Waals surface area contributed by atoms with Gasteiger partial charge in [0.15, 0.2) is 5.78 Å². The van der Waals surface area contributed by atoms with Crippen LogP contribution >= 0.6 is 11.3 Å². The first-order valence-corrected chi connectivity index (χ1v) is 8.85. The van der Waals surface area contributed by atoms with Crippen LogP contribution in [0.3, 0.4) is 0 Å². The van der Waals surface area contributed by atoms with Crippen molar-refractivity contribution in [2.75, 3.05) is 6.54 Å². The van der Waals surface area contributed by atoms with Gasteiger partial charge in [0, 0.05) is 17.6 Å². The first kappa shape index (κ1) is 17.4. The van der Waals surface area contributed by atoms with Crippen LogP contribution in [-0.4, -0.2) is 23.2 Å². The second-order valence-corrected chi connectivity index (χ2v) is 7.15. The third kappa shape index (κ3) is 3.35. The number of thiophene rings is 1. The number of aromatic amines is 1. The Morgan fingerprint density at radius 3 is 2.56 bits per heavy atom. The summed E-state index contributed by atoms with van der Waals surface area (Å²) in [6.07, 6.45) is 0.604. The zero-order chi connectivity index (χ0) is 18.1. The molecule has 0 aliphatic carbocycles. The maximum atomic E-state index is 14.0. The van der Waals surface area contributed by atoms with Crippen molar-refractivity contribution in [1.29, 1.82) is 0 Å². The molecule has 4 nitrogen and oxygen atoms in total. The first-order chi connectivity index (χ1) is 11.9. The van der Waals surface area contributed by atoms with E-state index in [0.29, 0.717) is 28.2 Å². The van der Waals surface area contributed by atoms with Crippen molar-refractivity contribution < 1.29 is 14.0 Å². The van der Waals surface area contributed by atoms with Crippen LogP contribution in [0, 0.1) is 19.7 Å². The lowest BCUT2D eigenvalue weighted by Crippen LogP contribution is -2.25. The topological polar surface area (TPSA) is 62.0 Å². The quantitative estimate of drug-likeness (QED) is 0.673. The average Bonchev–Trinajstić information content (AvgIpc) is 3.17. The predicted molar refractivity (Wildman–Crippen MR) is 98.1 cm³/mol. The standard InChI is InChI=1S/C19H19FN2O2S/c1-10-4-5-14(20)18-17(10)13(11(2)22-18)8-9-21-19(24)16-7-6-15(25-16)12(3)23/h4-7,22H,8-9H2,1-3H3,(H,21,24). The summed E-state index contributed by atoms with van der Waals surface area (Å²) >= 11 is 1.19. The Labute approximate surface area is 149 Å². The van der Waals surface area contributed by atoms with Gasteiger partial charge in [-0.2, -0.15) is 0 Å². The molecule has 0 fully saturated rings. The molecule has 0 radical (unpaired) electrons. The highest BCUT2D eigenvalue weighted by atomic mass is 32.1. The van der Waals surface area contributed by atoms with Crippen LogP contribution in [0.2, 0.25) is 0 Å². The van der Waals surface area contributed by atoms with Gasteiger partial charge in [-0.1, -0.05) is 6.07 Å². The smallest absolute Gasteiger partial charge is 0.261 e. The van der Waals surface area contributed by atoms with E-state index in [1.807, 2.05) is 13.8 Å². The number of aryl methyl sites for hydroxylation is 2. The summed E-state index contributed by atoms with van der Waals surface area (Å²) in [4.78, 5) is 27.7. The Hall–Kier alpha value is -2.47. The number of fused-ring (bicyclic) bond motifs is 1. The molecular weight excluding hydrogens is 339 g/mol. The zero-order valence-corrected chi connectivity index (χ0v) is 15.1. The van der Waals surface area contributed by atoms with Crippen LogP contribution in [0.1, 0.15) is 43.1 Å². The fourth-order valence-corrected chi connectivity index (χ4v) is 3.81. The number of ketones is 1. The normalized spacial score (nSPS) is 11.0. The summed E-state index contributed by atoms with van der Waals surface area (Å²) in [5, 5.41) is 3.76. The Morgan fingerprint density at radius 2 is 1.88 bits per heavy atom. The van der Waals surface area contributed by atoms with E-state index in [9.17, 15) is 14.0 Å². The van der Waals surface area contributed by atoms with E-state index in [-0.39, 0.29) is 17.5 Å². The molecule has 6 heteroatoms. The summed E-state index contributed by atoms with van der Waals surface area (Å²) in [6, 6.07) is 6.55. The van der Waals surface area contributed by atoms with Gasteiger partial charge in [-0.15, -0.1) is 11.3 Å². The Kier molecular flexibility index (Phi) is 4.72. The predicted octanol–water partition coefficient (Wildman–Crippen LogP) is 4.16. The molecule has 0 bridgehead atoms. The molecule has 0 atom stereocenters. The molecular formula is C19H19FN2O2S. The summed E-state index contributed by atoms with van der Waals surface area (Å²) in [5.74, 6) is -0.511. The lowest BCUT2D eigenvalue weighted by atomic mass is 10.0. The first-order valence-electron chi connectivity index (χ1n) is 8.03. The van der Waals surface area contributed by atoms with Gasteiger partial charge in [0.05, 0.1) is 15.3 Å². The van der Waals surface area contributed by atoms with Crippen molar-refractivity contribution in [3.05, 3.63) is 56.7 Å². The maximum Gasteiger partial charge on any atom is 0.261 e. The molecule has 2 N–H and O–H groups in total. The molecule has 1 aromatic carbocycles. The molecule has 2 heterocycles. The number of aromatic nitrogens is 1. The van der Waals surface area contributed by atoms with Crippen LogP contribution in [-0.2, 0) is 6.42 Å². The summed E-state index contributed by atoms with van der Waals surface area (Å²) in [7, 11) is 0. The van der Waals surface area contributed by atoms with Gasteiger partial charge in [0.2, 0.25) is 0 Å². The molecule has 0 saturated carbocycles. The van der Waals surface area contributed by atoms with E-state index in [0.717, 1.165) is 22.2 Å². The number of halogens is 1. The van der Waals surface area contributed by atoms with Gasteiger partial charge in [-0.25, -0.2) is 4.39 Å². The largest absolute Gasteiger partial charge is 0.356 e. The highest BCUT2D eigenvalue weighted by Crippen LogP contribution is 2.27. The molecule has 3 aromatic rings. The number of hydrogen-bond donors (Lipinski definition) is 2. The van der Waals surface area contributed by atoms with Crippen LogP contribution in [0.4, 0.5) is 4.39 Å². The van der Waals surface area contributed by atoms with E-state index < -0.39 is 0 Å². The highest BCUT2D eigenvalue weighted by Gasteiger charge is 2.15. The van der Waals surface area contributed by atoms with Crippen molar-refractivity contribution in [2.24, 2.45) is 0 Å². The molecule has 130 valence electrons. The molecule has 0 saturated heterocycles. The Bertz CT molecular complexity index is 971. The van der Waals surface area contributed by atoms with Gasteiger partial charge in [0.1, 0.15) is 5.82 Å². The van der Waals surface area contributed by atoms with Crippen LogP contribution in [0.25, 0.3) is 10.9 Å². The summed E-state index contributed by atoms with van der Waals surface area (Å²) in [5.41, 5.74) is 3.45. The minimum Gasteiger partial charge on any atom is -0.356 e. The van der Waals surface area contributed by atoms with E-state index in [4.69, 9.17) is 0 Å². The number of nitrogens with one attached hydrogen (secondary N) is 2. The monoisotopic (exact) mass is 358 g/mol. The third-order valence-corrected chi connectivity index (χ3v) is 5.45. The average molecular weight is 358 g/mol. The molecule has 0 aliphatic heterocycles. The molecule has 25 heavy (non-hydrogen) atoms. The van der Waals surface area contributed by atoms with Gasteiger partial charge >= 0.3 is 0 Å². The van der Waals surface area contributed by atoms with Gasteiger partial charge in [0.25, 0.3) is 5.91 Å². The fourth-order valence-electron chi connectivity index (χ4n) is 2.99. The minimum atomic E-state index is -0.269. The van der Waals surface area contributed by atoms with Crippen LogP contribution in [0.15, 0.2) is 24.3 Å². The Morgan fingerprint density at radius 1 is 1.16 bits per heavy atom. The molecule has 3 rings (SSSR count). The number of amides is 1. The van der Waals surface area contributed by atoms with Crippen molar-refractivity contribution in [1.82, 2.24) is 10.3 Å². The summed E-state index contributed by atoms with van der Waals surface area (Å²) < 4.78 is 14.0. The zero-order valence-electron chi connectivity index (χ0n) is 14.3. The second kappa shape index (κ2) is 6.80. The molecule has 1 amide bonds. The SMILES string of the molecule is CC(=O)c1ccc(C(=O)NCCc2c(C)[nH]c3c(F)ccc(C)c23)s1. The van der Waals surface area contributed by atoms with Crippen molar-refractivity contribution in [3.8, 4) is 0 Å². The number of hydrogen-bond acceptors (Lipinski definition) is 3. The van der Waals surface area contributed by atoms with Gasteiger partial charge in [-0.3, -0.25) is 9.59 Å². The van der Waals surface area contributed by atoms with E-state index in [1.165, 1.54) is 24.3 Å². The van der Waals surface area contributed by atoms with Gasteiger partial charge < -0.3 is 10.3 Å². The number of H-pyrrole nitrogens is 1.